The first-order chi connectivity index (χ1) is 17.9. The molecule has 1 aromatic heterocycles. The fourth-order valence-electron chi connectivity index (χ4n) is 3.93. The van der Waals surface area contributed by atoms with Gasteiger partial charge in [0, 0.05) is 33.4 Å². The van der Waals surface area contributed by atoms with Crippen molar-refractivity contribution in [2.75, 3.05) is 31.4 Å². The summed E-state index contributed by atoms with van der Waals surface area (Å²) in [6, 6.07) is 27.2. The van der Waals surface area contributed by atoms with Gasteiger partial charge in [0.2, 0.25) is 5.91 Å². The largest absolute Gasteiger partial charge is 0.378 e. The van der Waals surface area contributed by atoms with E-state index in [4.69, 9.17) is 0 Å². The second-order valence-corrected chi connectivity index (χ2v) is 8.76. The van der Waals surface area contributed by atoms with Gasteiger partial charge in [-0.05, 0) is 34.9 Å². The van der Waals surface area contributed by atoms with Crippen molar-refractivity contribution in [2.24, 2.45) is 0 Å². The number of benzene rings is 3. The van der Waals surface area contributed by atoms with Crippen molar-refractivity contribution in [3.63, 3.8) is 0 Å². The number of hydrogen-bond donors (Lipinski definition) is 1. The maximum atomic E-state index is 13.6. The van der Waals surface area contributed by atoms with E-state index in [9.17, 15) is 14.9 Å². The molecule has 0 unspecified atom stereocenters. The van der Waals surface area contributed by atoms with Gasteiger partial charge in [-0.1, -0.05) is 60.7 Å². The first-order valence-electron chi connectivity index (χ1n) is 11.8. The lowest BCUT2D eigenvalue weighted by molar-refractivity contribution is -0.129. The van der Waals surface area contributed by atoms with Crippen LogP contribution in [0.5, 0.6) is 0 Å². The van der Waals surface area contributed by atoms with Gasteiger partial charge in [0.25, 0.3) is 5.56 Å². The zero-order chi connectivity index (χ0) is 26.4. The molecule has 37 heavy (non-hydrogen) atoms. The van der Waals surface area contributed by atoms with Crippen LogP contribution in [-0.2, 0) is 17.9 Å². The average molecular weight is 493 g/mol. The van der Waals surface area contributed by atoms with Crippen LogP contribution in [0.2, 0.25) is 0 Å². The van der Waals surface area contributed by atoms with Gasteiger partial charge >= 0.3 is 0 Å². The third-order valence-corrected chi connectivity index (χ3v) is 6.08. The Morgan fingerprint density at radius 3 is 2.32 bits per heavy atom. The summed E-state index contributed by atoms with van der Waals surface area (Å²) >= 11 is 0. The van der Waals surface area contributed by atoms with Gasteiger partial charge in [0.15, 0.2) is 0 Å². The minimum Gasteiger partial charge on any atom is -0.378 e. The van der Waals surface area contributed by atoms with E-state index in [1.165, 1.54) is 9.58 Å². The summed E-state index contributed by atoms with van der Waals surface area (Å²) in [5.41, 5.74) is 4.73. The fraction of sp³-hybridized carbons (Fsp3) is 0.172. The molecule has 0 aliphatic carbocycles. The predicted octanol–water partition coefficient (Wildman–Crippen LogP) is 4.25. The molecule has 1 heterocycles. The maximum absolute atomic E-state index is 13.6. The number of rotatable bonds is 8. The fourth-order valence-corrected chi connectivity index (χ4v) is 3.93. The number of aromatic nitrogens is 2. The van der Waals surface area contributed by atoms with Crippen molar-refractivity contribution in [3.05, 3.63) is 107 Å². The van der Waals surface area contributed by atoms with E-state index in [0.29, 0.717) is 23.5 Å². The average Bonchev–Trinajstić information content (AvgIpc) is 2.93. The Hall–Kier alpha value is -4.90. The molecule has 8 nitrogen and oxygen atoms in total. The van der Waals surface area contributed by atoms with E-state index in [-0.39, 0.29) is 18.0 Å². The topological polar surface area (TPSA) is 94.3 Å². The molecule has 1 N–H and O–H groups in total. The van der Waals surface area contributed by atoms with Crippen LogP contribution in [0.4, 0.5) is 17.1 Å². The molecule has 0 radical (unpaired) electrons. The smallest absolute Gasteiger partial charge is 0.293 e. The molecule has 4 aromatic rings. The molecule has 0 aliphatic rings. The summed E-state index contributed by atoms with van der Waals surface area (Å²) in [4.78, 5) is 29.1. The number of carbonyl (C=O) groups excluding carboxylic acids is 1. The first kappa shape index (κ1) is 25.2. The maximum Gasteiger partial charge on any atom is 0.293 e. The quantitative estimate of drug-likeness (QED) is 0.395. The van der Waals surface area contributed by atoms with E-state index in [1.807, 2.05) is 72.8 Å². The summed E-state index contributed by atoms with van der Waals surface area (Å²) in [5, 5.41) is 17.0. The Bertz CT molecular complexity index is 1490. The van der Waals surface area contributed by atoms with E-state index >= 15 is 0 Å². The number of nitrogens with one attached hydrogen (secondary N) is 1. The molecular weight excluding hydrogens is 464 g/mol. The van der Waals surface area contributed by atoms with Gasteiger partial charge in [-0.15, -0.1) is 0 Å². The van der Waals surface area contributed by atoms with Crippen molar-refractivity contribution >= 4 is 23.0 Å². The molecular formula is C29H28N6O2. The highest BCUT2D eigenvalue weighted by Crippen LogP contribution is 2.30. The Morgan fingerprint density at radius 1 is 0.973 bits per heavy atom. The second kappa shape index (κ2) is 11.2. The molecule has 4 rings (SSSR count). The highest BCUT2D eigenvalue weighted by Gasteiger charge is 2.19. The van der Waals surface area contributed by atoms with Crippen LogP contribution in [0.3, 0.4) is 0 Å². The molecule has 0 saturated carbocycles. The van der Waals surface area contributed by atoms with E-state index < -0.39 is 0 Å². The zero-order valence-electron chi connectivity index (χ0n) is 21.0. The third kappa shape index (κ3) is 5.68. The Balaban J connectivity index is 1.70. The van der Waals surface area contributed by atoms with Gasteiger partial charge in [-0.3, -0.25) is 9.59 Å². The number of nitrogens with zero attached hydrogens (tertiary/aromatic N) is 5. The molecule has 8 heteroatoms. The number of nitriles is 1. The molecule has 3 aromatic carbocycles. The molecule has 0 atom stereocenters. The Kier molecular flexibility index (Phi) is 7.65. The van der Waals surface area contributed by atoms with Crippen molar-refractivity contribution < 1.29 is 4.79 Å². The van der Waals surface area contributed by atoms with Crippen LogP contribution in [-0.4, -0.2) is 41.7 Å². The number of amides is 1. The molecule has 186 valence electrons. The second-order valence-electron chi connectivity index (χ2n) is 8.76. The summed E-state index contributed by atoms with van der Waals surface area (Å²) in [6.45, 7) is 0.350. The van der Waals surface area contributed by atoms with Crippen molar-refractivity contribution in [3.8, 4) is 17.2 Å². The van der Waals surface area contributed by atoms with Crippen LogP contribution in [0.1, 0.15) is 11.1 Å². The van der Waals surface area contributed by atoms with Crippen LogP contribution in [0, 0.1) is 11.3 Å². The Labute approximate surface area is 216 Å². The number of hydrogen-bond acceptors (Lipinski definition) is 6. The van der Waals surface area contributed by atoms with Crippen molar-refractivity contribution in [2.45, 2.75) is 13.1 Å². The van der Waals surface area contributed by atoms with Crippen LogP contribution in [0.15, 0.2) is 89.9 Å². The van der Waals surface area contributed by atoms with Crippen molar-refractivity contribution in [1.29, 1.82) is 5.26 Å². The highest BCUT2D eigenvalue weighted by atomic mass is 16.2. The zero-order valence-corrected chi connectivity index (χ0v) is 21.0. The number of carbonyl (C=O) groups is 1. The van der Waals surface area contributed by atoms with E-state index in [2.05, 4.69) is 16.5 Å². The van der Waals surface area contributed by atoms with Gasteiger partial charge in [-0.25, -0.2) is 4.68 Å². The lowest BCUT2D eigenvalue weighted by atomic mass is 10.00. The Morgan fingerprint density at radius 2 is 1.65 bits per heavy atom. The SMILES string of the molecule is CN(C)C(=O)Cn1ncc(NCc2ccccc2)c(N(C)c2ccc(-c3ccccc3C#N)cc2)c1=O. The standard InChI is InChI=1S/C29H28N6O2/c1-33(2)27(36)20-35-29(37)28(26(19-32-35)31-18-21-9-5-4-6-10-21)34(3)24-15-13-22(14-16-24)25-12-8-7-11-23(25)17-30/h4-16,19,31H,18,20H2,1-3H3. The normalized spacial score (nSPS) is 10.4. The number of likely N-dealkylation sites (N-methyl/N-ethyl adjacent to an activating group) is 1. The van der Waals surface area contributed by atoms with Crippen molar-refractivity contribution in [1.82, 2.24) is 14.7 Å². The summed E-state index contributed by atoms with van der Waals surface area (Å²) in [6.07, 6.45) is 1.58. The van der Waals surface area contributed by atoms with E-state index in [1.54, 1.807) is 38.3 Å². The lowest BCUT2D eigenvalue weighted by Gasteiger charge is -2.23. The van der Waals surface area contributed by atoms with Crippen LogP contribution < -0.4 is 15.8 Å². The van der Waals surface area contributed by atoms with Gasteiger partial charge in [-0.2, -0.15) is 10.4 Å². The predicted molar refractivity (Wildman–Crippen MR) is 146 cm³/mol. The highest BCUT2D eigenvalue weighted by molar-refractivity contribution is 5.78. The first-order valence-corrected chi connectivity index (χ1v) is 11.8. The molecule has 0 saturated heterocycles. The van der Waals surface area contributed by atoms with Crippen LogP contribution >= 0.6 is 0 Å². The minimum atomic E-state index is -0.380. The minimum absolute atomic E-state index is 0.157. The monoisotopic (exact) mass is 492 g/mol. The van der Waals surface area contributed by atoms with Gasteiger partial charge < -0.3 is 15.1 Å². The lowest BCUT2D eigenvalue weighted by Crippen LogP contribution is -2.35. The molecule has 0 aliphatic heterocycles. The third-order valence-electron chi connectivity index (χ3n) is 6.08. The van der Waals surface area contributed by atoms with Crippen LogP contribution in [0.25, 0.3) is 11.1 Å². The summed E-state index contributed by atoms with van der Waals surface area (Å²) in [7, 11) is 5.09. The van der Waals surface area contributed by atoms with Gasteiger partial charge in [0.05, 0.1) is 23.5 Å². The van der Waals surface area contributed by atoms with Gasteiger partial charge in [0.1, 0.15) is 12.2 Å². The molecule has 0 spiro atoms. The molecule has 1 amide bonds. The summed E-state index contributed by atoms with van der Waals surface area (Å²) < 4.78 is 1.18. The molecule has 0 fully saturated rings. The molecule has 0 bridgehead atoms. The number of anilines is 3. The van der Waals surface area contributed by atoms with E-state index in [0.717, 1.165) is 22.4 Å². The summed E-state index contributed by atoms with van der Waals surface area (Å²) in [5.74, 6) is -0.228.